The third-order valence-electron chi connectivity index (χ3n) is 1.81. The Hall–Kier alpha value is 0.310. The van der Waals surface area contributed by atoms with Crippen LogP contribution in [0.5, 0.6) is 0 Å². The van der Waals surface area contributed by atoms with Gasteiger partial charge in [-0.15, -0.1) is 0 Å². The van der Waals surface area contributed by atoms with Gasteiger partial charge in [0, 0.05) is 13.1 Å². The summed E-state index contributed by atoms with van der Waals surface area (Å²) in [5, 5.41) is 0.811. The first kappa shape index (κ1) is 8.41. The van der Waals surface area contributed by atoms with Crippen LogP contribution in [0.1, 0.15) is 13.8 Å². The van der Waals surface area contributed by atoms with E-state index in [9.17, 15) is 0 Å². The number of rotatable bonds is 3. The Balaban J connectivity index is 1.95. The normalized spacial score (nSPS) is 21.6. The first-order chi connectivity index (χ1) is 4.68. The number of nitrogens with zero attached hydrogens (tertiary/aromatic N) is 1. The molecule has 60 valence electrons. The van der Waals surface area contributed by atoms with Crippen LogP contribution in [0.2, 0.25) is 0 Å². The van der Waals surface area contributed by atoms with E-state index in [0.29, 0.717) is 0 Å². The molecule has 1 rings (SSSR count). The van der Waals surface area contributed by atoms with Crippen molar-refractivity contribution in [2.75, 3.05) is 25.9 Å². The summed E-state index contributed by atoms with van der Waals surface area (Å²) < 4.78 is 0. The van der Waals surface area contributed by atoms with Gasteiger partial charge in [-0.1, -0.05) is 13.8 Å². The third-order valence-corrected chi connectivity index (χ3v) is 3.14. The molecule has 1 aliphatic rings. The standard InChI is InChI=1S/C8H17NS/c1-7(2)10-6-8-4-9(3)5-8/h7-8H,4-6H2,1-3H3. The van der Waals surface area contributed by atoms with Crippen LogP contribution in [0.4, 0.5) is 0 Å². The fraction of sp³-hybridized carbons (Fsp3) is 1.00. The first-order valence-electron chi connectivity index (χ1n) is 3.98. The number of likely N-dealkylation sites (tertiary alicyclic amines) is 1. The van der Waals surface area contributed by atoms with Crippen molar-refractivity contribution in [2.24, 2.45) is 5.92 Å². The average Bonchev–Trinajstić information content (AvgIpc) is 1.77. The van der Waals surface area contributed by atoms with Crippen molar-refractivity contribution < 1.29 is 0 Å². The van der Waals surface area contributed by atoms with Gasteiger partial charge < -0.3 is 4.90 Å². The van der Waals surface area contributed by atoms with Gasteiger partial charge in [-0.2, -0.15) is 11.8 Å². The van der Waals surface area contributed by atoms with Crippen molar-refractivity contribution in [2.45, 2.75) is 19.1 Å². The maximum absolute atomic E-state index is 2.38. The molecule has 0 spiro atoms. The van der Waals surface area contributed by atoms with Gasteiger partial charge in [0.05, 0.1) is 0 Å². The van der Waals surface area contributed by atoms with E-state index in [2.05, 4.69) is 37.6 Å². The zero-order chi connectivity index (χ0) is 7.56. The van der Waals surface area contributed by atoms with Gasteiger partial charge >= 0.3 is 0 Å². The van der Waals surface area contributed by atoms with Gasteiger partial charge in [0.2, 0.25) is 0 Å². The molecule has 0 aromatic rings. The van der Waals surface area contributed by atoms with Crippen molar-refractivity contribution in [3.05, 3.63) is 0 Å². The predicted octanol–water partition coefficient (Wildman–Crippen LogP) is 1.69. The van der Waals surface area contributed by atoms with Crippen LogP contribution in [0.15, 0.2) is 0 Å². The summed E-state index contributed by atoms with van der Waals surface area (Å²) in [7, 11) is 2.19. The van der Waals surface area contributed by atoms with E-state index in [1.807, 2.05) is 0 Å². The summed E-state index contributed by atoms with van der Waals surface area (Å²) in [6.45, 7) is 7.18. The second-order valence-corrected chi connectivity index (χ2v) is 5.08. The summed E-state index contributed by atoms with van der Waals surface area (Å²) in [6, 6.07) is 0. The molecule has 1 fully saturated rings. The lowest BCUT2D eigenvalue weighted by Crippen LogP contribution is -2.44. The molecule has 0 aromatic carbocycles. The Bertz CT molecular complexity index is 97.4. The molecule has 0 aliphatic carbocycles. The van der Waals surface area contributed by atoms with Crippen molar-refractivity contribution in [1.82, 2.24) is 4.90 Å². The topological polar surface area (TPSA) is 3.24 Å². The monoisotopic (exact) mass is 159 g/mol. The smallest absolute Gasteiger partial charge is 0.00269 e. The summed E-state index contributed by atoms with van der Waals surface area (Å²) in [5.74, 6) is 2.35. The minimum absolute atomic E-state index is 0.811. The van der Waals surface area contributed by atoms with Crippen LogP contribution in [-0.2, 0) is 0 Å². The molecule has 1 heterocycles. The Kier molecular flexibility index (Phi) is 3.05. The van der Waals surface area contributed by atoms with Crippen LogP contribution in [0, 0.1) is 5.92 Å². The maximum atomic E-state index is 2.38. The predicted molar refractivity (Wildman–Crippen MR) is 48.6 cm³/mol. The molecule has 2 heteroatoms. The van der Waals surface area contributed by atoms with Crippen molar-refractivity contribution in [3.8, 4) is 0 Å². The SMILES string of the molecule is CC(C)SCC1CN(C)C1. The molecule has 0 unspecified atom stereocenters. The van der Waals surface area contributed by atoms with Crippen molar-refractivity contribution >= 4 is 11.8 Å². The van der Waals surface area contributed by atoms with Crippen molar-refractivity contribution in [3.63, 3.8) is 0 Å². The highest BCUT2D eigenvalue weighted by Gasteiger charge is 2.22. The van der Waals surface area contributed by atoms with E-state index in [0.717, 1.165) is 11.2 Å². The summed E-state index contributed by atoms with van der Waals surface area (Å²) in [4.78, 5) is 2.38. The molecule has 0 N–H and O–H groups in total. The molecule has 1 aliphatic heterocycles. The Morgan fingerprint density at radius 1 is 1.50 bits per heavy atom. The van der Waals surface area contributed by atoms with Gasteiger partial charge in [-0.05, 0) is 24.0 Å². The lowest BCUT2D eigenvalue weighted by atomic mass is 10.0. The molecule has 0 amide bonds. The molecule has 0 radical (unpaired) electrons. The minimum Gasteiger partial charge on any atom is -0.306 e. The second-order valence-electron chi connectivity index (χ2n) is 3.47. The van der Waals surface area contributed by atoms with E-state index >= 15 is 0 Å². The number of hydrogen-bond donors (Lipinski definition) is 0. The molecular formula is C8H17NS. The van der Waals surface area contributed by atoms with E-state index in [-0.39, 0.29) is 0 Å². The quantitative estimate of drug-likeness (QED) is 0.616. The molecule has 1 saturated heterocycles. The lowest BCUT2D eigenvalue weighted by molar-refractivity contribution is 0.153. The highest BCUT2D eigenvalue weighted by Crippen LogP contribution is 2.20. The molecule has 0 atom stereocenters. The first-order valence-corrected chi connectivity index (χ1v) is 5.03. The Morgan fingerprint density at radius 2 is 2.10 bits per heavy atom. The van der Waals surface area contributed by atoms with Crippen molar-refractivity contribution in [1.29, 1.82) is 0 Å². The number of hydrogen-bond acceptors (Lipinski definition) is 2. The lowest BCUT2D eigenvalue weighted by Gasteiger charge is -2.36. The average molecular weight is 159 g/mol. The van der Waals surface area contributed by atoms with E-state index in [4.69, 9.17) is 0 Å². The summed E-state index contributed by atoms with van der Waals surface area (Å²) >= 11 is 2.09. The fourth-order valence-corrected chi connectivity index (χ4v) is 2.13. The largest absolute Gasteiger partial charge is 0.306 e. The zero-order valence-corrected chi connectivity index (χ0v) is 7.95. The Morgan fingerprint density at radius 3 is 2.50 bits per heavy atom. The molecule has 0 saturated carbocycles. The minimum atomic E-state index is 0.811. The van der Waals surface area contributed by atoms with E-state index in [1.165, 1.54) is 18.8 Å². The van der Waals surface area contributed by atoms with Gasteiger partial charge in [0.25, 0.3) is 0 Å². The maximum Gasteiger partial charge on any atom is 0.00269 e. The highest BCUT2D eigenvalue weighted by molar-refractivity contribution is 7.99. The van der Waals surface area contributed by atoms with Gasteiger partial charge in [0.1, 0.15) is 0 Å². The van der Waals surface area contributed by atoms with Crippen LogP contribution in [0.25, 0.3) is 0 Å². The number of thioether (sulfide) groups is 1. The van der Waals surface area contributed by atoms with E-state index in [1.54, 1.807) is 0 Å². The van der Waals surface area contributed by atoms with Gasteiger partial charge in [-0.25, -0.2) is 0 Å². The van der Waals surface area contributed by atoms with E-state index < -0.39 is 0 Å². The van der Waals surface area contributed by atoms with Crippen LogP contribution in [-0.4, -0.2) is 36.0 Å². The summed E-state index contributed by atoms with van der Waals surface area (Å²) in [5.41, 5.74) is 0. The summed E-state index contributed by atoms with van der Waals surface area (Å²) in [6.07, 6.45) is 0. The highest BCUT2D eigenvalue weighted by atomic mass is 32.2. The van der Waals surface area contributed by atoms with Crippen LogP contribution in [0.3, 0.4) is 0 Å². The van der Waals surface area contributed by atoms with Gasteiger partial charge in [-0.3, -0.25) is 0 Å². The second kappa shape index (κ2) is 3.63. The molecule has 0 bridgehead atoms. The molecule has 1 nitrogen and oxygen atoms in total. The third kappa shape index (κ3) is 2.51. The molecule has 10 heavy (non-hydrogen) atoms. The van der Waals surface area contributed by atoms with Crippen LogP contribution < -0.4 is 0 Å². The van der Waals surface area contributed by atoms with Crippen LogP contribution >= 0.6 is 11.8 Å². The fourth-order valence-electron chi connectivity index (χ4n) is 1.26. The Labute approximate surface area is 68.2 Å². The molecular weight excluding hydrogens is 142 g/mol. The van der Waals surface area contributed by atoms with Gasteiger partial charge in [0.15, 0.2) is 0 Å². The zero-order valence-electron chi connectivity index (χ0n) is 7.13. The molecule has 0 aromatic heterocycles.